The summed E-state index contributed by atoms with van der Waals surface area (Å²) in [6, 6.07) is 3.38. The Labute approximate surface area is 111 Å². The summed E-state index contributed by atoms with van der Waals surface area (Å²) in [4.78, 5) is 10.3. The van der Waals surface area contributed by atoms with Gasteiger partial charge in [0, 0.05) is 0 Å². The molecule has 1 amide bonds. The lowest BCUT2D eigenvalue weighted by molar-refractivity contribution is -0.274. The van der Waals surface area contributed by atoms with E-state index in [9.17, 15) is 26.4 Å². The van der Waals surface area contributed by atoms with Crippen LogP contribution in [0.25, 0.3) is 0 Å². The molecule has 1 aromatic carbocycles. The van der Waals surface area contributed by atoms with Crippen LogP contribution in [0.3, 0.4) is 0 Å². The molecule has 0 aliphatic carbocycles. The van der Waals surface area contributed by atoms with Crippen molar-refractivity contribution in [3.63, 3.8) is 0 Å². The molecule has 0 aromatic heterocycles. The Bertz CT molecular complexity index is 570. The maximum Gasteiger partial charge on any atom is 0.573 e. The average molecular weight is 314 g/mol. The highest BCUT2D eigenvalue weighted by Crippen LogP contribution is 2.23. The molecular formula is C9H9F3N2O5S. The Morgan fingerprint density at radius 3 is 2.25 bits per heavy atom. The van der Waals surface area contributed by atoms with Gasteiger partial charge in [-0.25, -0.2) is 18.6 Å². The zero-order valence-electron chi connectivity index (χ0n) is 9.64. The van der Waals surface area contributed by atoms with Crippen molar-refractivity contribution in [2.24, 2.45) is 0 Å². The molecule has 0 aliphatic heterocycles. The van der Waals surface area contributed by atoms with Crippen LogP contribution in [0.5, 0.6) is 5.75 Å². The highest BCUT2D eigenvalue weighted by atomic mass is 32.2. The smallest absolute Gasteiger partial charge is 0.406 e. The van der Waals surface area contributed by atoms with Gasteiger partial charge in [-0.2, -0.15) is 0 Å². The Balaban J connectivity index is 2.79. The lowest BCUT2D eigenvalue weighted by atomic mass is 10.3. The second-order valence-corrected chi connectivity index (χ2v) is 5.15. The number of hydrogen-bond acceptors (Lipinski definition) is 5. The number of hydrogen-bond donors (Lipinski definition) is 3. The lowest BCUT2D eigenvalue weighted by Crippen LogP contribution is -2.35. The van der Waals surface area contributed by atoms with Gasteiger partial charge in [0.25, 0.3) is 5.91 Å². The standard InChI is InChI=1S/C9H9F3N2O5S/c10-9(11,12)19-6-1-3-7(4-2-6)20(17,18)13-5-8(15)14-16/h1-4,13,16H,5H2,(H,14,15). The topological polar surface area (TPSA) is 105 Å². The van der Waals surface area contributed by atoms with Gasteiger partial charge in [0.05, 0.1) is 11.4 Å². The van der Waals surface area contributed by atoms with E-state index in [1.165, 1.54) is 5.48 Å². The van der Waals surface area contributed by atoms with Crippen molar-refractivity contribution in [1.82, 2.24) is 10.2 Å². The fourth-order valence-electron chi connectivity index (χ4n) is 1.10. The van der Waals surface area contributed by atoms with E-state index in [0.29, 0.717) is 0 Å². The number of amides is 1. The van der Waals surface area contributed by atoms with E-state index in [4.69, 9.17) is 5.21 Å². The van der Waals surface area contributed by atoms with Crippen molar-refractivity contribution in [2.75, 3.05) is 6.54 Å². The summed E-state index contributed by atoms with van der Waals surface area (Å²) in [5.74, 6) is -1.57. The van der Waals surface area contributed by atoms with Crippen molar-refractivity contribution < 1.29 is 36.3 Å². The predicted molar refractivity (Wildman–Crippen MR) is 58.2 cm³/mol. The van der Waals surface area contributed by atoms with Crippen LogP contribution in [0.2, 0.25) is 0 Å². The Hall–Kier alpha value is -1.85. The first kappa shape index (κ1) is 16.2. The summed E-state index contributed by atoms with van der Waals surface area (Å²) in [6.45, 7) is -0.723. The molecule has 0 unspecified atom stereocenters. The third-order valence-electron chi connectivity index (χ3n) is 1.92. The van der Waals surface area contributed by atoms with E-state index in [1.54, 1.807) is 0 Å². The van der Waals surface area contributed by atoms with Crippen LogP contribution < -0.4 is 14.9 Å². The van der Waals surface area contributed by atoms with Gasteiger partial charge in [-0.15, -0.1) is 13.2 Å². The first-order valence-electron chi connectivity index (χ1n) is 4.92. The fraction of sp³-hybridized carbons (Fsp3) is 0.222. The Morgan fingerprint density at radius 1 is 1.25 bits per heavy atom. The molecule has 1 aromatic rings. The number of carbonyl (C=O) groups excluding carboxylic acids is 1. The molecule has 0 saturated heterocycles. The Morgan fingerprint density at radius 2 is 1.80 bits per heavy atom. The van der Waals surface area contributed by atoms with Crippen LogP contribution in [-0.2, 0) is 14.8 Å². The zero-order chi connectivity index (χ0) is 15.4. The van der Waals surface area contributed by atoms with Crippen molar-refractivity contribution in [1.29, 1.82) is 0 Å². The minimum atomic E-state index is -4.88. The molecular weight excluding hydrogens is 305 g/mol. The summed E-state index contributed by atoms with van der Waals surface area (Å²) in [5, 5.41) is 8.19. The van der Waals surface area contributed by atoms with E-state index in [0.717, 1.165) is 24.3 Å². The van der Waals surface area contributed by atoms with Gasteiger partial charge in [0.1, 0.15) is 5.75 Å². The third kappa shape index (κ3) is 5.03. The number of halogens is 3. The molecule has 0 atom stereocenters. The highest BCUT2D eigenvalue weighted by molar-refractivity contribution is 7.89. The van der Waals surface area contributed by atoms with Crippen molar-refractivity contribution in [3.8, 4) is 5.75 Å². The minimum Gasteiger partial charge on any atom is -0.406 e. The van der Waals surface area contributed by atoms with Gasteiger partial charge in [0.2, 0.25) is 10.0 Å². The molecule has 7 nitrogen and oxygen atoms in total. The number of hydroxylamine groups is 1. The van der Waals surface area contributed by atoms with Crippen molar-refractivity contribution in [3.05, 3.63) is 24.3 Å². The molecule has 20 heavy (non-hydrogen) atoms. The van der Waals surface area contributed by atoms with Gasteiger partial charge in [-0.1, -0.05) is 0 Å². The second-order valence-electron chi connectivity index (χ2n) is 3.38. The molecule has 0 fully saturated rings. The van der Waals surface area contributed by atoms with Crippen LogP contribution in [0, 0.1) is 0 Å². The van der Waals surface area contributed by atoms with Crippen LogP contribution in [0.4, 0.5) is 13.2 Å². The molecule has 112 valence electrons. The highest BCUT2D eigenvalue weighted by Gasteiger charge is 2.31. The van der Waals surface area contributed by atoms with Crippen molar-refractivity contribution >= 4 is 15.9 Å². The van der Waals surface area contributed by atoms with Gasteiger partial charge >= 0.3 is 6.36 Å². The van der Waals surface area contributed by atoms with Crippen LogP contribution in [-0.4, -0.2) is 32.4 Å². The normalized spacial score (nSPS) is 12.0. The number of benzene rings is 1. The van der Waals surface area contributed by atoms with Crippen molar-refractivity contribution in [2.45, 2.75) is 11.3 Å². The number of rotatable bonds is 5. The SMILES string of the molecule is O=C(CNS(=O)(=O)c1ccc(OC(F)(F)F)cc1)NO. The van der Waals surface area contributed by atoms with Gasteiger partial charge < -0.3 is 4.74 Å². The van der Waals surface area contributed by atoms with E-state index < -0.39 is 34.6 Å². The van der Waals surface area contributed by atoms with Gasteiger partial charge in [-0.3, -0.25) is 10.0 Å². The molecule has 11 heteroatoms. The van der Waals surface area contributed by atoms with E-state index in [1.807, 2.05) is 4.72 Å². The van der Waals surface area contributed by atoms with Crippen LogP contribution >= 0.6 is 0 Å². The maximum absolute atomic E-state index is 11.9. The third-order valence-corrected chi connectivity index (χ3v) is 3.33. The molecule has 3 N–H and O–H groups in total. The largest absolute Gasteiger partial charge is 0.573 e. The maximum atomic E-state index is 11.9. The lowest BCUT2D eigenvalue weighted by Gasteiger charge is -2.09. The molecule has 0 saturated carbocycles. The molecule has 0 spiro atoms. The minimum absolute atomic E-state index is 0.363. The summed E-state index contributed by atoms with van der Waals surface area (Å²) < 4.78 is 64.3. The van der Waals surface area contributed by atoms with Crippen LogP contribution in [0.15, 0.2) is 29.2 Å². The van der Waals surface area contributed by atoms with E-state index in [2.05, 4.69) is 4.74 Å². The number of carbonyl (C=O) groups is 1. The number of nitrogens with one attached hydrogen (secondary N) is 2. The van der Waals surface area contributed by atoms with Crippen LogP contribution in [0.1, 0.15) is 0 Å². The average Bonchev–Trinajstić information content (AvgIpc) is 2.34. The molecule has 0 heterocycles. The molecule has 0 radical (unpaired) electrons. The quantitative estimate of drug-likeness (QED) is 0.538. The first-order valence-corrected chi connectivity index (χ1v) is 6.41. The second kappa shape index (κ2) is 6.07. The number of sulfonamides is 1. The van der Waals surface area contributed by atoms with Gasteiger partial charge in [-0.05, 0) is 24.3 Å². The number of ether oxygens (including phenoxy) is 1. The van der Waals surface area contributed by atoms with E-state index in [-0.39, 0.29) is 4.90 Å². The Kier molecular flexibility index (Phi) is 4.92. The summed E-state index contributed by atoms with van der Waals surface area (Å²) in [5.41, 5.74) is 1.21. The molecule has 1 rings (SSSR count). The fourth-order valence-corrected chi connectivity index (χ4v) is 2.09. The summed E-state index contributed by atoms with van der Waals surface area (Å²) >= 11 is 0. The summed E-state index contributed by atoms with van der Waals surface area (Å²) in [6.07, 6.45) is -4.88. The molecule has 0 aliphatic rings. The number of alkyl halides is 3. The van der Waals surface area contributed by atoms with E-state index >= 15 is 0 Å². The first-order chi connectivity index (χ1) is 9.14. The monoisotopic (exact) mass is 314 g/mol. The molecule has 0 bridgehead atoms. The summed E-state index contributed by atoms with van der Waals surface area (Å²) in [7, 11) is -4.08. The zero-order valence-corrected chi connectivity index (χ0v) is 10.5. The van der Waals surface area contributed by atoms with Gasteiger partial charge in [0.15, 0.2) is 0 Å². The predicted octanol–water partition coefficient (Wildman–Crippen LogP) is 0.369.